The standard InChI is InChI=1S/C21H35FN4O3S.HI/c1-17(2)29-14-15-30(27,28)26-12-10-25(11-13-26)20(23-5)24-16-21(3,4)18-6-8-19(22)9-7-18;/h6-9,17H,10-16H2,1-5H3,(H,23,24);1H. The van der Waals surface area contributed by atoms with Crippen LogP contribution in [-0.4, -0.2) is 81.8 Å². The Kier molecular flexibility index (Phi) is 11.1. The zero-order valence-corrected chi connectivity index (χ0v) is 22.2. The van der Waals surface area contributed by atoms with Gasteiger partial charge in [0.1, 0.15) is 5.82 Å². The molecule has 0 amide bonds. The Bertz CT molecular complexity index is 808. The molecule has 1 N–H and O–H groups in total. The Balaban J connectivity index is 0.00000480. The van der Waals surface area contributed by atoms with Crippen LogP contribution >= 0.6 is 24.0 Å². The van der Waals surface area contributed by atoms with Crippen molar-refractivity contribution in [2.75, 3.05) is 52.1 Å². The number of ether oxygens (including phenoxy) is 1. The van der Waals surface area contributed by atoms with Gasteiger partial charge >= 0.3 is 0 Å². The van der Waals surface area contributed by atoms with Gasteiger partial charge in [-0.25, -0.2) is 12.8 Å². The number of rotatable bonds is 8. The van der Waals surface area contributed by atoms with E-state index in [0.29, 0.717) is 32.7 Å². The molecule has 1 aliphatic rings. The van der Waals surface area contributed by atoms with E-state index in [1.807, 2.05) is 13.8 Å². The number of nitrogens with one attached hydrogen (secondary N) is 1. The van der Waals surface area contributed by atoms with Gasteiger partial charge in [-0.3, -0.25) is 4.99 Å². The third-order valence-electron chi connectivity index (χ3n) is 5.25. The number of sulfonamides is 1. The maximum atomic E-state index is 13.2. The predicted octanol–water partition coefficient (Wildman–Crippen LogP) is 2.67. The summed E-state index contributed by atoms with van der Waals surface area (Å²) in [6.07, 6.45) is 0.0191. The molecule has 0 radical (unpaired) electrons. The minimum atomic E-state index is -3.32. The summed E-state index contributed by atoms with van der Waals surface area (Å²) in [7, 11) is -1.60. The van der Waals surface area contributed by atoms with Gasteiger partial charge in [0.25, 0.3) is 0 Å². The van der Waals surface area contributed by atoms with Crippen molar-refractivity contribution in [3.8, 4) is 0 Å². The molecule has 1 aliphatic heterocycles. The van der Waals surface area contributed by atoms with Gasteiger partial charge in [0.05, 0.1) is 18.5 Å². The van der Waals surface area contributed by atoms with Crippen molar-refractivity contribution in [1.29, 1.82) is 0 Å². The van der Waals surface area contributed by atoms with Gasteiger partial charge in [0, 0.05) is 45.2 Å². The van der Waals surface area contributed by atoms with Gasteiger partial charge in [-0.05, 0) is 31.5 Å². The first-order valence-corrected chi connectivity index (χ1v) is 12.0. The van der Waals surface area contributed by atoms with Crippen molar-refractivity contribution in [2.45, 2.75) is 39.2 Å². The van der Waals surface area contributed by atoms with Crippen molar-refractivity contribution in [2.24, 2.45) is 4.99 Å². The van der Waals surface area contributed by atoms with Crippen molar-refractivity contribution in [3.63, 3.8) is 0 Å². The molecule has 1 saturated heterocycles. The lowest BCUT2D eigenvalue weighted by atomic mass is 9.84. The van der Waals surface area contributed by atoms with Gasteiger partial charge < -0.3 is 15.0 Å². The fourth-order valence-electron chi connectivity index (χ4n) is 3.33. The van der Waals surface area contributed by atoms with E-state index < -0.39 is 10.0 Å². The first-order valence-electron chi connectivity index (χ1n) is 10.4. The summed E-state index contributed by atoms with van der Waals surface area (Å²) >= 11 is 0. The van der Waals surface area contributed by atoms with Crippen molar-refractivity contribution < 1.29 is 17.5 Å². The average Bonchev–Trinajstić information content (AvgIpc) is 2.68. The van der Waals surface area contributed by atoms with E-state index in [1.54, 1.807) is 19.2 Å². The van der Waals surface area contributed by atoms with E-state index in [0.717, 1.165) is 11.5 Å². The third-order valence-corrected chi connectivity index (χ3v) is 7.08. The number of nitrogens with zero attached hydrogens (tertiary/aromatic N) is 3. The van der Waals surface area contributed by atoms with E-state index >= 15 is 0 Å². The number of aliphatic imine (C=N–C) groups is 1. The van der Waals surface area contributed by atoms with Crippen molar-refractivity contribution >= 4 is 40.0 Å². The number of hydrogen-bond acceptors (Lipinski definition) is 4. The van der Waals surface area contributed by atoms with Gasteiger partial charge in [-0.15, -0.1) is 24.0 Å². The van der Waals surface area contributed by atoms with Gasteiger partial charge in [-0.1, -0.05) is 26.0 Å². The smallest absolute Gasteiger partial charge is 0.216 e. The highest BCUT2D eigenvalue weighted by Crippen LogP contribution is 2.22. The lowest BCUT2D eigenvalue weighted by Crippen LogP contribution is -2.55. The summed E-state index contributed by atoms with van der Waals surface area (Å²) in [5, 5.41) is 3.39. The Morgan fingerprint density at radius 3 is 2.29 bits per heavy atom. The number of halogens is 2. The first-order chi connectivity index (χ1) is 14.0. The highest BCUT2D eigenvalue weighted by Gasteiger charge is 2.29. The molecule has 1 fully saturated rings. The van der Waals surface area contributed by atoms with Crippen LogP contribution in [0.15, 0.2) is 29.3 Å². The Hall–Kier alpha value is -0.980. The molecule has 0 aliphatic carbocycles. The van der Waals surface area contributed by atoms with Gasteiger partial charge in [0.15, 0.2) is 5.96 Å². The van der Waals surface area contributed by atoms with E-state index in [4.69, 9.17) is 4.74 Å². The highest BCUT2D eigenvalue weighted by atomic mass is 127. The second kappa shape index (κ2) is 12.3. The average molecular weight is 571 g/mol. The second-order valence-corrected chi connectivity index (χ2v) is 10.5. The minimum absolute atomic E-state index is 0. The third kappa shape index (κ3) is 8.47. The molecule has 31 heavy (non-hydrogen) atoms. The molecule has 2 rings (SSSR count). The van der Waals surface area contributed by atoms with Crippen LogP contribution in [0.1, 0.15) is 33.3 Å². The molecule has 0 saturated carbocycles. The number of piperazine rings is 1. The number of hydrogen-bond donors (Lipinski definition) is 1. The summed E-state index contributed by atoms with van der Waals surface area (Å²) in [5.41, 5.74) is 0.817. The molecule has 10 heteroatoms. The Morgan fingerprint density at radius 1 is 1.19 bits per heavy atom. The van der Waals surface area contributed by atoms with Crippen LogP contribution in [0.5, 0.6) is 0 Å². The van der Waals surface area contributed by atoms with Crippen molar-refractivity contribution in [1.82, 2.24) is 14.5 Å². The molecule has 7 nitrogen and oxygen atoms in total. The van der Waals surface area contributed by atoms with E-state index in [1.165, 1.54) is 16.4 Å². The van der Waals surface area contributed by atoms with Gasteiger partial charge in [-0.2, -0.15) is 4.31 Å². The molecule has 178 valence electrons. The quantitative estimate of drug-likeness (QED) is 0.296. The number of benzene rings is 1. The highest BCUT2D eigenvalue weighted by molar-refractivity contribution is 14.0. The summed E-state index contributed by atoms with van der Waals surface area (Å²) in [4.78, 5) is 6.43. The zero-order chi connectivity index (χ0) is 22.4. The van der Waals surface area contributed by atoms with Crippen LogP contribution in [0, 0.1) is 5.82 Å². The normalized spacial score (nSPS) is 16.4. The monoisotopic (exact) mass is 570 g/mol. The van der Waals surface area contributed by atoms with E-state index in [-0.39, 0.29) is 53.7 Å². The molecular weight excluding hydrogens is 534 g/mol. The summed E-state index contributed by atoms with van der Waals surface area (Å²) in [6, 6.07) is 6.54. The molecule has 1 heterocycles. The van der Waals surface area contributed by atoms with Crippen molar-refractivity contribution in [3.05, 3.63) is 35.6 Å². The number of guanidine groups is 1. The molecule has 1 aromatic rings. The van der Waals surface area contributed by atoms with Crippen LogP contribution < -0.4 is 5.32 Å². The molecule has 0 spiro atoms. The zero-order valence-electron chi connectivity index (χ0n) is 19.1. The fraction of sp³-hybridized carbons (Fsp3) is 0.667. The largest absolute Gasteiger partial charge is 0.378 e. The topological polar surface area (TPSA) is 74.2 Å². The van der Waals surface area contributed by atoms with E-state index in [2.05, 4.69) is 29.1 Å². The van der Waals surface area contributed by atoms with Gasteiger partial charge in [0.2, 0.25) is 10.0 Å². The minimum Gasteiger partial charge on any atom is -0.378 e. The first kappa shape index (κ1) is 28.1. The van der Waals surface area contributed by atoms with Crippen LogP contribution in [0.4, 0.5) is 4.39 Å². The maximum absolute atomic E-state index is 13.2. The summed E-state index contributed by atoms with van der Waals surface area (Å²) in [5.74, 6) is 0.497. The van der Waals surface area contributed by atoms with E-state index in [9.17, 15) is 12.8 Å². The molecule has 0 unspecified atom stereocenters. The lowest BCUT2D eigenvalue weighted by Gasteiger charge is -2.37. The Labute approximate surface area is 203 Å². The van der Waals surface area contributed by atoms with Crippen LogP contribution in [0.25, 0.3) is 0 Å². The molecular formula is C21H36FIN4O3S. The summed E-state index contributed by atoms with van der Waals surface area (Å²) in [6.45, 7) is 10.8. The lowest BCUT2D eigenvalue weighted by molar-refractivity contribution is 0.0904. The van der Waals surface area contributed by atoms with Crippen LogP contribution in [-0.2, 0) is 20.2 Å². The summed E-state index contributed by atoms with van der Waals surface area (Å²) < 4.78 is 45.1. The molecule has 0 atom stereocenters. The molecule has 0 aromatic heterocycles. The predicted molar refractivity (Wildman–Crippen MR) is 134 cm³/mol. The Morgan fingerprint density at radius 2 is 1.77 bits per heavy atom. The van der Waals surface area contributed by atoms with Crippen LogP contribution in [0.3, 0.4) is 0 Å². The SMILES string of the molecule is CN=C(NCC(C)(C)c1ccc(F)cc1)N1CCN(S(=O)(=O)CCOC(C)C)CC1.I. The van der Waals surface area contributed by atoms with Crippen LogP contribution in [0.2, 0.25) is 0 Å². The molecule has 0 bridgehead atoms. The molecule has 1 aromatic carbocycles. The fourth-order valence-corrected chi connectivity index (χ4v) is 4.62. The maximum Gasteiger partial charge on any atom is 0.216 e. The second-order valence-electron chi connectivity index (χ2n) is 8.41.